The highest BCUT2D eigenvalue weighted by atomic mass is 16.5. The number of amides is 2. The SMILES string of the molecule is COC(=O)[C@H](Cc1ccccc1)NC(=O)[C@H](c1ccccc1)N1Cc2ccccc2C1=O. The van der Waals surface area contributed by atoms with Crippen molar-refractivity contribution in [1.82, 2.24) is 10.2 Å². The zero-order valence-electron chi connectivity index (χ0n) is 17.7. The molecule has 1 heterocycles. The lowest BCUT2D eigenvalue weighted by atomic mass is 10.0. The molecule has 0 fully saturated rings. The van der Waals surface area contributed by atoms with Crippen molar-refractivity contribution in [3.63, 3.8) is 0 Å². The molecule has 0 aliphatic carbocycles. The van der Waals surface area contributed by atoms with Gasteiger partial charge in [-0.15, -0.1) is 0 Å². The van der Waals surface area contributed by atoms with Crippen LogP contribution in [0, 0.1) is 0 Å². The first-order valence-electron chi connectivity index (χ1n) is 10.4. The summed E-state index contributed by atoms with van der Waals surface area (Å²) in [6.45, 7) is 0.323. The van der Waals surface area contributed by atoms with E-state index in [1.54, 1.807) is 11.0 Å². The summed E-state index contributed by atoms with van der Waals surface area (Å²) >= 11 is 0. The maximum absolute atomic E-state index is 13.5. The van der Waals surface area contributed by atoms with Gasteiger partial charge in [-0.25, -0.2) is 4.79 Å². The third-order valence-corrected chi connectivity index (χ3v) is 5.61. The van der Waals surface area contributed by atoms with Crippen LogP contribution in [0.1, 0.15) is 33.1 Å². The standard InChI is InChI=1S/C26H24N2O4/c1-32-26(31)22(16-18-10-4-2-5-11-18)27-24(29)23(19-12-6-3-7-13-19)28-17-20-14-8-9-15-21(20)25(28)30/h2-15,22-23H,16-17H2,1H3,(H,27,29)/t22-,23-/m0/s1. The Hall–Kier alpha value is -3.93. The predicted molar refractivity (Wildman–Crippen MR) is 120 cm³/mol. The normalized spacial score (nSPS) is 14.4. The van der Waals surface area contributed by atoms with Gasteiger partial charge in [0.2, 0.25) is 5.91 Å². The molecule has 0 aromatic heterocycles. The summed E-state index contributed by atoms with van der Waals surface area (Å²) < 4.78 is 4.93. The first kappa shape index (κ1) is 21.3. The smallest absolute Gasteiger partial charge is 0.328 e. The second-order valence-electron chi connectivity index (χ2n) is 7.68. The minimum Gasteiger partial charge on any atom is -0.467 e. The van der Waals surface area contributed by atoms with Gasteiger partial charge in [-0.1, -0.05) is 78.9 Å². The van der Waals surface area contributed by atoms with Crippen molar-refractivity contribution in [2.24, 2.45) is 0 Å². The van der Waals surface area contributed by atoms with E-state index in [0.717, 1.165) is 11.1 Å². The molecule has 0 radical (unpaired) electrons. The van der Waals surface area contributed by atoms with Gasteiger partial charge >= 0.3 is 5.97 Å². The Bertz CT molecular complexity index is 1110. The molecule has 3 aromatic carbocycles. The van der Waals surface area contributed by atoms with E-state index >= 15 is 0 Å². The molecule has 1 aliphatic rings. The van der Waals surface area contributed by atoms with Gasteiger partial charge in [-0.2, -0.15) is 0 Å². The molecule has 1 aliphatic heterocycles. The number of esters is 1. The molecule has 0 spiro atoms. The Morgan fingerprint density at radius 1 is 0.938 bits per heavy atom. The Kier molecular flexibility index (Phi) is 6.31. The molecule has 6 nitrogen and oxygen atoms in total. The van der Waals surface area contributed by atoms with Gasteiger partial charge in [-0.3, -0.25) is 9.59 Å². The Labute approximate surface area is 186 Å². The number of hydrogen-bond donors (Lipinski definition) is 1. The lowest BCUT2D eigenvalue weighted by Crippen LogP contribution is -2.48. The van der Waals surface area contributed by atoms with Gasteiger partial charge in [0.15, 0.2) is 0 Å². The van der Waals surface area contributed by atoms with Gasteiger partial charge in [-0.05, 0) is 22.8 Å². The average molecular weight is 428 g/mol. The van der Waals surface area contributed by atoms with E-state index in [2.05, 4.69) is 5.32 Å². The summed E-state index contributed by atoms with van der Waals surface area (Å²) in [5.41, 5.74) is 3.04. The van der Waals surface area contributed by atoms with E-state index in [-0.39, 0.29) is 12.3 Å². The second kappa shape index (κ2) is 9.47. The summed E-state index contributed by atoms with van der Waals surface area (Å²) in [5, 5.41) is 2.83. The fourth-order valence-corrected chi connectivity index (χ4v) is 4.03. The fourth-order valence-electron chi connectivity index (χ4n) is 4.03. The number of nitrogens with one attached hydrogen (secondary N) is 1. The Morgan fingerprint density at radius 2 is 1.56 bits per heavy atom. The Balaban J connectivity index is 1.63. The second-order valence-corrected chi connectivity index (χ2v) is 7.68. The molecule has 2 atom stereocenters. The number of nitrogens with zero attached hydrogens (tertiary/aromatic N) is 1. The van der Waals surface area contributed by atoms with E-state index < -0.39 is 24.0 Å². The Morgan fingerprint density at radius 3 is 2.22 bits per heavy atom. The molecule has 4 rings (SSSR count). The zero-order chi connectivity index (χ0) is 22.5. The van der Waals surface area contributed by atoms with Crippen molar-refractivity contribution in [3.05, 3.63) is 107 Å². The quantitative estimate of drug-likeness (QED) is 0.586. The van der Waals surface area contributed by atoms with Gasteiger partial charge in [0.05, 0.1) is 7.11 Å². The van der Waals surface area contributed by atoms with Crippen molar-refractivity contribution < 1.29 is 19.1 Å². The third kappa shape index (κ3) is 4.39. The molecule has 2 amide bonds. The minimum atomic E-state index is -0.876. The third-order valence-electron chi connectivity index (χ3n) is 5.61. The van der Waals surface area contributed by atoms with Crippen LogP contribution >= 0.6 is 0 Å². The molecule has 0 bridgehead atoms. The van der Waals surface area contributed by atoms with Gasteiger partial charge < -0.3 is 15.0 Å². The predicted octanol–water partition coefficient (Wildman–Crippen LogP) is 3.28. The number of fused-ring (bicyclic) bond motifs is 1. The number of carbonyl (C=O) groups excluding carboxylic acids is 3. The van der Waals surface area contributed by atoms with E-state index in [1.165, 1.54) is 7.11 Å². The highest BCUT2D eigenvalue weighted by Gasteiger charge is 2.38. The van der Waals surface area contributed by atoms with Crippen LogP contribution in [-0.2, 0) is 27.3 Å². The maximum atomic E-state index is 13.5. The number of hydrogen-bond acceptors (Lipinski definition) is 4. The molecular formula is C26H24N2O4. The van der Waals surface area contributed by atoms with Gasteiger partial charge in [0.25, 0.3) is 5.91 Å². The van der Waals surface area contributed by atoms with Crippen LogP contribution in [0.2, 0.25) is 0 Å². The number of benzene rings is 3. The molecule has 0 saturated carbocycles. The molecule has 1 N–H and O–H groups in total. The maximum Gasteiger partial charge on any atom is 0.328 e. The van der Waals surface area contributed by atoms with E-state index in [1.807, 2.05) is 78.9 Å². The monoisotopic (exact) mass is 428 g/mol. The summed E-state index contributed by atoms with van der Waals surface area (Å²) in [4.78, 5) is 40.7. The van der Waals surface area contributed by atoms with E-state index in [4.69, 9.17) is 4.74 Å². The highest BCUT2D eigenvalue weighted by molar-refractivity contribution is 6.01. The number of carbonyl (C=O) groups is 3. The molecule has 6 heteroatoms. The lowest BCUT2D eigenvalue weighted by Gasteiger charge is -2.29. The largest absolute Gasteiger partial charge is 0.467 e. The van der Waals surface area contributed by atoms with Crippen LogP contribution in [0.3, 0.4) is 0 Å². The van der Waals surface area contributed by atoms with Crippen molar-refractivity contribution >= 4 is 17.8 Å². The first-order valence-corrected chi connectivity index (χ1v) is 10.4. The molecule has 0 saturated heterocycles. The number of methoxy groups -OCH3 is 1. The topological polar surface area (TPSA) is 75.7 Å². The molecular weight excluding hydrogens is 404 g/mol. The van der Waals surface area contributed by atoms with Crippen molar-refractivity contribution in [3.8, 4) is 0 Å². The van der Waals surface area contributed by atoms with E-state index in [9.17, 15) is 14.4 Å². The van der Waals surface area contributed by atoms with Crippen molar-refractivity contribution in [2.45, 2.75) is 25.0 Å². The number of ether oxygens (including phenoxy) is 1. The molecule has 162 valence electrons. The van der Waals surface area contributed by atoms with Crippen LogP contribution in [0.5, 0.6) is 0 Å². The fraction of sp³-hybridized carbons (Fsp3) is 0.192. The van der Waals surface area contributed by atoms with Gasteiger partial charge in [0.1, 0.15) is 12.1 Å². The number of rotatable bonds is 7. The first-order chi connectivity index (χ1) is 15.6. The summed E-state index contributed by atoms with van der Waals surface area (Å²) in [6.07, 6.45) is 0.287. The highest BCUT2D eigenvalue weighted by Crippen LogP contribution is 2.31. The van der Waals surface area contributed by atoms with Crippen LogP contribution in [0.15, 0.2) is 84.9 Å². The zero-order valence-corrected chi connectivity index (χ0v) is 17.7. The van der Waals surface area contributed by atoms with Crippen LogP contribution < -0.4 is 5.32 Å². The molecule has 3 aromatic rings. The summed E-state index contributed by atoms with van der Waals surface area (Å²) in [6, 6.07) is 24.1. The summed E-state index contributed by atoms with van der Waals surface area (Å²) in [5.74, 6) is -1.17. The minimum absolute atomic E-state index is 0.206. The lowest BCUT2D eigenvalue weighted by molar-refractivity contribution is -0.145. The van der Waals surface area contributed by atoms with Crippen LogP contribution in [-0.4, -0.2) is 35.8 Å². The van der Waals surface area contributed by atoms with Crippen LogP contribution in [0.25, 0.3) is 0 Å². The van der Waals surface area contributed by atoms with E-state index in [0.29, 0.717) is 17.7 Å². The summed E-state index contributed by atoms with van der Waals surface area (Å²) in [7, 11) is 1.29. The van der Waals surface area contributed by atoms with Crippen molar-refractivity contribution in [1.29, 1.82) is 0 Å². The molecule has 32 heavy (non-hydrogen) atoms. The average Bonchev–Trinajstić information content (AvgIpc) is 3.16. The van der Waals surface area contributed by atoms with Crippen molar-refractivity contribution in [2.75, 3.05) is 7.11 Å². The molecule has 0 unspecified atom stereocenters. The van der Waals surface area contributed by atoms with Crippen LogP contribution in [0.4, 0.5) is 0 Å². The van der Waals surface area contributed by atoms with Gasteiger partial charge in [0, 0.05) is 18.5 Å².